The Bertz CT molecular complexity index is 377. The van der Waals surface area contributed by atoms with Crippen molar-refractivity contribution in [3.63, 3.8) is 0 Å². The van der Waals surface area contributed by atoms with Crippen molar-refractivity contribution in [1.82, 2.24) is 0 Å². The van der Waals surface area contributed by atoms with Gasteiger partial charge in [0.15, 0.2) is 0 Å². The summed E-state index contributed by atoms with van der Waals surface area (Å²) in [5.41, 5.74) is 7.66. The first kappa shape index (κ1) is 15.7. The number of hydrogen-bond acceptors (Lipinski definition) is 2. The average Bonchev–Trinajstić information content (AvgIpc) is 2.61. The quantitative estimate of drug-likeness (QED) is 0.791. The van der Waals surface area contributed by atoms with Crippen LogP contribution in [0.1, 0.15) is 69.7 Å². The van der Waals surface area contributed by atoms with Crippen molar-refractivity contribution < 1.29 is 0 Å². The van der Waals surface area contributed by atoms with Crippen molar-refractivity contribution in [1.29, 1.82) is 0 Å². The van der Waals surface area contributed by atoms with Gasteiger partial charge >= 0.3 is 0 Å². The summed E-state index contributed by atoms with van der Waals surface area (Å²) in [5.74, 6) is 0. The molecule has 0 fully saturated rings. The van der Waals surface area contributed by atoms with Gasteiger partial charge in [-0.25, -0.2) is 0 Å². The molecule has 2 heteroatoms. The minimum atomic E-state index is 0.256. The summed E-state index contributed by atoms with van der Waals surface area (Å²) >= 11 is 2.00. The maximum Gasteiger partial charge on any atom is 0.0134 e. The van der Waals surface area contributed by atoms with Gasteiger partial charge in [-0.2, -0.15) is 0 Å². The Morgan fingerprint density at radius 2 is 1.61 bits per heavy atom. The second-order valence-electron chi connectivity index (χ2n) is 7.21. The fourth-order valence-corrected chi connectivity index (χ4v) is 3.40. The van der Waals surface area contributed by atoms with Crippen molar-refractivity contribution >= 4 is 11.3 Å². The molecule has 0 spiro atoms. The summed E-state index contributed by atoms with van der Waals surface area (Å²) in [6.07, 6.45) is 3.51. The molecular formula is C16H29NS. The third kappa shape index (κ3) is 4.10. The molecule has 0 aliphatic heterocycles. The molecule has 0 saturated carbocycles. The van der Waals surface area contributed by atoms with Crippen LogP contribution in [0.15, 0.2) is 6.07 Å². The summed E-state index contributed by atoms with van der Waals surface area (Å²) in [6.45, 7) is 14.7. The minimum absolute atomic E-state index is 0.256. The lowest BCUT2D eigenvalue weighted by Crippen LogP contribution is -2.11. The van der Waals surface area contributed by atoms with E-state index in [0.717, 1.165) is 13.0 Å². The first-order valence-corrected chi connectivity index (χ1v) is 7.81. The van der Waals surface area contributed by atoms with Gasteiger partial charge in [-0.1, -0.05) is 41.5 Å². The van der Waals surface area contributed by atoms with Gasteiger partial charge in [0.1, 0.15) is 0 Å². The lowest BCUT2D eigenvalue weighted by atomic mass is 9.88. The maximum atomic E-state index is 5.59. The number of aryl methyl sites for hydroxylation is 1. The molecule has 1 rings (SSSR count). The normalized spacial score (nSPS) is 13.1. The number of thiophene rings is 1. The van der Waals surface area contributed by atoms with Crippen molar-refractivity contribution in [3.05, 3.63) is 21.4 Å². The average molecular weight is 267 g/mol. The molecule has 18 heavy (non-hydrogen) atoms. The molecule has 0 aromatic carbocycles. The molecule has 2 N–H and O–H groups in total. The molecule has 1 aromatic heterocycles. The topological polar surface area (TPSA) is 26.0 Å². The van der Waals surface area contributed by atoms with Crippen molar-refractivity contribution in [3.8, 4) is 0 Å². The van der Waals surface area contributed by atoms with E-state index in [9.17, 15) is 0 Å². The van der Waals surface area contributed by atoms with Crippen LogP contribution in [0.3, 0.4) is 0 Å². The summed E-state index contributed by atoms with van der Waals surface area (Å²) < 4.78 is 0. The van der Waals surface area contributed by atoms with Crippen LogP contribution in [0.5, 0.6) is 0 Å². The van der Waals surface area contributed by atoms with Gasteiger partial charge in [-0.15, -0.1) is 11.3 Å². The third-order valence-corrected chi connectivity index (χ3v) is 5.16. The lowest BCUT2D eigenvalue weighted by molar-refractivity contribution is 0.593. The van der Waals surface area contributed by atoms with Crippen molar-refractivity contribution in [2.75, 3.05) is 6.54 Å². The van der Waals surface area contributed by atoms with Crippen LogP contribution in [-0.2, 0) is 17.3 Å². The Morgan fingerprint density at radius 3 is 2.06 bits per heavy atom. The van der Waals surface area contributed by atoms with Crippen LogP contribution in [0.4, 0.5) is 0 Å². The van der Waals surface area contributed by atoms with Gasteiger partial charge in [0.25, 0.3) is 0 Å². The molecule has 0 saturated heterocycles. The largest absolute Gasteiger partial charge is 0.330 e. The predicted octanol–water partition coefficient (Wildman–Crippen LogP) is 4.62. The zero-order valence-corrected chi connectivity index (χ0v) is 13.7. The predicted molar refractivity (Wildman–Crippen MR) is 83.7 cm³/mol. The van der Waals surface area contributed by atoms with E-state index in [1.165, 1.54) is 17.7 Å². The molecule has 1 aromatic rings. The Hall–Kier alpha value is -0.340. The molecule has 0 aliphatic carbocycles. The van der Waals surface area contributed by atoms with E-state index in [1.54, 1.807) is 10.4 Å². The van der Waals surface area contributed by atoms with E-state index in [2.05, 4.69) is 47.6 Å². The Morgan fingerprint density at radius 1 is 1.00 bits per heavy atom. The van der Waals surface area contributed by atoms with Crippen LogP contribution in [0.2, 0.25) is 0 Å². The second-order valence-corrected chi connectivity index (χ2v) is 8.26. The molecule has 0 amide bonds. The molecule has 0 unspecified atom stereocenters. The highest BCUT2D eigenvalue weighted by molar-refractivity contribution is 7.12. The van der Waals surface area contributed by atoms with Gasteiger partial charge in [0.05, 0.1) is 0 Å². The molecule has 104 valence electrons. The highest BCUT2D eigenvalue weighted by Gasteiger charge is 2.25. The highest BCUT2D eigenvalue weighted by atomic mass is 32.1. The third-order valence-electron chi connectivity index (χ3n) is 3.13. The van der Waals surface area contributed by atoms with Crippen molar-refractivity contribution in [2.45, 2.75) is 71.6 Å². The minimum Gasteiger partial charge on any atom is -0.330 e. The van der Waals surface area contributed by atoms with Gasteiger partial charge in [-0.3, -0.25) is 0 Å². The van der Waals surface area contributed by atoms with Crippen LogP contribution in [-0.4, -0.2) is 6.54 Å². The van der Waals surface area contributed by atoms with E-state index >= 15 is 0 Å². The van der Waals surface area contributed by atoms with Crippen LogP contribution in [0, 0.1) is 0 Å². The summed E-state index contributed by atoms with van der Waals surface area (Å²) in [6, 6.07) is 2.43. The van der Waals surface area contributed by atoms with E-state index < -0.39 is 0 Å². The van der Waals surface area contributed by atoms with Crippen LogP contribution in [0.25, 0.3) is 0 Å². The van der Waals surface area contributed by atoms with E-state index in [1.807, 2.05) is 11.3 Å². The van der Waals surface area contributed by atoms with E-state index in [4.69, 9.17) is 5.73 Å². The fraction of sp³-hybridized carbons (Fsp3) is 0.750. The van der Waals surface area contributed by atoms with Crippen molar-refractivity contribution in [2.24, 2.45) is 5.73 Å². The second kappa shape index (κ2) is 5.75. The molecular weight excluding hydrogens is 238 g/mol. The number of hydrogen-bond donors (Lipinski definition) is 1. The van der Waals surface area contributed by atoms with Gasteiger partial charge < -0.3 is 5.73 Å². The standard InChI is InChI=1S/C16H29NS/c1-15(2,3)13-11-12(9-7-8-10-17)14(18-13)16(4,5)6/h11H,7-10,17H2,1-6H3. The fourth-order valence-electron chi connectivity index (χ4n) is 2.08. The zero-order chi connectivity index (χ0) is 14.0. The molecule has 1 heterocycles. The van der Waals surface area contributed by atoms with E-state index in [-0.39, 0.29) is 10.8 Å². The SMILES string of the molecule is CC(C)(C)c1cc(CCCCN)c(C(C)(C)C)s1. The van der Waals surface area contributed by atoms with E-state index in [0.29, 0.717) is 0 Å². The first-order chi connectivity index (χ1) is 8.16. The molecule has 1 nitrogen and oxygen atoms in total. The number of unbranched alkanes of at least 4 members (excludes halogenated alkanes) is 1. The van der Waals surface area contributed by atoms with Gasteiger partial charge in [0.2, 0.25) is 0 Å². The van der Waals surface area contributed by atoms with Gasteiger partial charge in [-0.05, 0) is 48.3 Å². The molecule has 0 bridgehead atoms. The summed E-state index contributed by atoms with van der Waals surface area (Å²) in [7, 11) is 0. The van der Waals surface area contributed by atoms with Crippen LogP contribution >= 0.6 is 11.3 Å². The first-order valence-electron chi connectivity index (χ1n) is 7.00. The Labute approximate surface area is 117 Å². The highest BCUT2D eigenvalue weighted by Crippen LogP contribution is 2.39. The maximum absolute atomic E-state index is 5.59. The monoisotopic (exact) mass is 267 g/mol. The zero-order valence-electron chi connectivity index (χ0n) is 12.9. The summed E-state index contributed by atoms with van der Waals surface area (Å²) in [4.78, 5) is 3.07. The lowest BCUT2D eigenvalue weighted by Gasteiger charge is -2.19. The number of rotatable bonds is 4. The van der Waals surface area contributed by atoms with Gasteiger partial charge in [0, 0.05) is 9.75 Å². The molecule has 0 aliphatic rings. The smallest absolute Gasteiger partial charge is 0.0134 e. The number of nitrogens with two attached hydrogens (primary N) is 1. The van der Waals surface area contributed by atoms with Crippen LogP contribution < -0.4 is 5.73 Å². The summed E-state index contributed by atoms with van der Waals surface area (Å²) in [5, 5.41) is 0. The molecule has 0 atom stereocenters. The molecule has 0 radical (unpaired) electrons. The Balaban J connectivity index is 3.02. The Kier molecular flexibility index (Phi) is 5.02.